The van der Waals surface area contributed by atoms with Gasteiger partial charge in [0.1, 0.15) is 5.75 Å². The molecule has 6 heteroatoms. The predicted molar refractivity (Wildman–Crippen MR) is 48.8 cm³/mol. The third-order valence-corrected chi connectivity index (χ3v) is 1.94. The fourth-order valence-corrected chi connectivity index (χ4v) is 1.26. The molecule has 0 atom stereocenters. The number of hydrogen-bond donors (Lipinski definition) is 0. The first kappa shape index (κ1) is 12.1. The Kier molecular flexibility index (Phi) is 3.82. The van der Waals surface area contributed by atoms with Gasteiger partial charge in [0, 0.05) is 17.7 Å². The van der Waals surface area contributed by atoms with Crippen LogP contribution in [-0.2, 0) is 11.3 Å². The summed E-state index contributed by atoms with van der Waals surface area (Å²) in [5, 5.41) is 0.179. The molecule has 0 radical (unpaired) electrons. The van der Waals surface area contributed by atoms with E-state index in [-0.39, 0.29) is 22.9 Å². The molecular weight excluding hydrogens is 233 g/mol. The second kappa shape index (κ2) is 4.72. The van der Waals surface area contributed by atoms with Crippen molar-refractivity contribution >= 4 is 11.6 Å². The molecule has 0 aliphatic heterocycles. The highest BCUT2D eigenvalue weighted by Gasteiger charge is 2.32. The van der Waals surface area contributed by atoms with Gasteiger partial charge in [0.05, 0.1) is 6.61 Å². The largest absolute Gasteiger partial charge is 0.573 e. The second-order valence-electron chi connectivity index (χ2n) is 2.70. The zero-order valence-electron chi connectivity index (χ0n) is 7.77. The molecule has 0 aromatic heterocycles. The van der Waals surface area contributed by atoms with E-state index in [1.807, 2.05) is 0 Å². The standard InChI is InChI=1S/C9H8ClF3O2/c1-14-5-6-7(10)3-2-4-8(6)15-9(11,12)13/h2-4H,5H2,1H3. The maximum Gasteiger partial charge on any atom is 0.573 e. The minimum atomic E-state index is -4.73. The van der Waals surface area contributed by atoms with E-state index in [1.165, 1.54) is 25.3 Å². The first-order valence-corrected chi connectivity index (χ1v) is 4.34. The average molecular weight is 241 g/mol. The summed E-state index contributed by atoms with van der Waals surface area (Å²) in [6.07, 6.45) is -4.73. The van der Waals surface area contributed by atoms with Gasteiger partial charge < -0.3 is 9.47 Å². The molecule has 0 saturated heterocycles. The fraction of sp³-hybridized carbons (Fsp3) is 0.333. The molecule has 84 valence electrons. The summed E-state index contributed by atoms with van der Waals surface area (Å²) in [7, 11) is 1.36. The second-order valence-corrected chi connectivity index (χ2v) is 3.10. The molecule has 1 rings (SSSR count). The van der Waals surface area contributed by atoms with Crippen molar-refractivity contribution in [1.82, 2.24) is 0 Å². The summed E-state index contributed by atoms with van der Waals surface area (Å²) in [6.45, 7) is -0.0366. The van der Waals surface area contributed by atoms with E-state index in [2.05, 4.69) is 4.74 Å². The molecule has 0 aliphatic rings. The van der Waals surface area contributed by atoms with Gasteiger partial charge in [0.25, 0.3) is 0 Å². The zero-order valence-corrected chi connectivity index (χ0v) is 8.52. The molecule has 0 amide bonds. The molecule has 0 aliphatic carbocycles. The number of halogens is 4. The lowest BCUT2D eigenvalue weighted by Gasteiger charge is -2.13. The normalized spacial score (nSPS) is 11.5. The van der Waals surface area contributed by atoms with Gasteiger partial charge in [0.15, 0.2) is 0 Å². The van der Waals surface area contributed by atoms with Gasteiger partial charge >= 0.3 is 6.36 Å². The smallest absolute Gasteiger partial charge is 0.405 e. The molecule has 15 heavy (non-hydrogen) atoms. The summed E-state index contributed by atoms with van der Waals surface area (Å²) in [5.74, 6) is -0.336. The third kappa shape index (κ3) is 3.60. The van der Waals surface area contributed by atoms with Crippen LogP contribution in [0.3, 0.4) is 0 Å². The monoisotopic (exact) mass is 240 g/mol. The van der Waals surface area contributed by atoms with E-state index in [4.69, 9.17) is 16.3 Å². The van der Waals surface area contributed by atoms with Crippen LogP contribution < -0.4 is 4.74 Å². The zero-order chi connectivity index (χ0) is 11.5. The maximum atomic E-state index is 12.0. The van der Waals surface area contributed by atoms with Gasteiger partial charge in [-0.05, 0) is 12.1 Å². The van der Waals surface area contributed by atoms with Crippen LogP contribution in [0.4, 0.5) is 13.2 Å². The average Bonchev–Trinajstić information content (AvgIpc) is 2.08. The van der Waals surface area contributed by atoms with Crippen molar-refractivity contribution in [2.75, 3.05) is 7.11 Å². The Morgan fingerprint density at radius 3 is 2.53 bits per heavy atom. The molecule has 0 saturated carbocycles. The molecule has 0 heterocycles. The Bertz CT molecular complexity index is 339. The molecule has 0 fully saturated rings. The first-order chi connectivity index (χ1) is 6.94. The van der Waals surface area contributed by atoms with Gasteiger partial charge in [-0.15, -0.1) is 13.2 Å². The molecule has 0 spiro atoms. The molecular formula is C9H8ClF3O2. The van der Waals surface area contributed by atoms with Crippen LogP contribution in [0.2, 0.25) is 5.02 Å². The van der Waals surface area contributed by atoms with Crippen molar-refractivity contribution < 1.29 is 22.6 Å². The Labute approximate surface area is 89.6 Å². The summed E-state index contributed by atoms with van der Waals surface area (Å²) < 4.78 is 44.5. The minimum absolute atomic E-state index is 0.0366. The van der Waals surface area contributed by atoms with E-state index in [1.54, 1.807) is 0 Å². The van der Waals surface area contributed by atoms with E-state index in [0.717, 1.165) is 0 Å². The van der Waals surface area contributed by atoms with Gasteiger partial charge in [-0.1, -0.05) is 17.7 Å². The SMILES string of the molecule is COCc1c(Cl)cccc1OC(F)(F)F. The number of benzene rings is 1. The summed E-state index contributed by atoms with van der Waals surface area (Å²) in [6, 6.07) is 4.04. The Morgan fingerprint density at radius 1 is 1.33 bits per heavy atom. The molecule has 1 aromatic rings. The Morgan fingerprint density at radius 2 is 2.00 bits per heavy atom. The lowest BCUT2D eigenvalue weighted by molar-refractivity contribution is -0.275. The van der Waals surface area contributed by atoms with Crippen LogP contribution >= 0.6 is 11.6 Å². The van der Waals surface area contributed by atoms with Gasteiger partial charge in [0.2, 0.25) is 0 Å². The number of ether oxygens (including phenoxy) is 2. The number of rotatable bonds is 3. The van der Waals surface area contributed by atoms with Gasteiger partial charge in [-0.3, -0.25) is 0 Å². The van der Waals surface area contributed by atoms with Gasteiger partial charge in [-0.2, -0.15) is 0 Å². The molecule has 0 N–H and O–H groups in total. The lowest BCUT2D eigenvalue weighted by Crippen LogP contribution is -2.18. The summed E-state index contributed by atoms with van der Waals surface area (Å²) in [5.41, 5.74) is 0.180. The highest BCUT2D eigenvalue weighted by molar-refractivity contribution is 6.31. The fourth-order valence-electron chi connectivity index (χ4n) is 1.04. The van der Waals surface area contributed by atoms with Crippen LogP contribution in [0.15, 0.2) is 18.2 Å². The first-order valence-electron chi connectivity index (χ1n) is 3.96. The number of alkyl halides is 3. The maximum absolute atomic E-state index is 12.0. The Balaban J connectivity index is 3.00. The van der Waals surface area contributed by atoms with Crippen LogP contribution in [0.5, 0.6) is 5.75 Å². The molecule has 1 aromatic carbocycles. The van der Waals surface area contributed by atoms with E-state index in [0.29, 0.717) is 0 Å². The van der Waals surface area contributed by atoms with Crippen molar-refractivity contribution in [2.45, 2.75) is 13.0 Å². The third-order valence-electron chi connectivity index (χ3n) is 1.59. The minimum Gasteiger partial charge on any atom is -0.405 e. The number of methoxy groups -OCH3 is 1. The van der Waals surface area contributed by atoms with E-state index < -0.39 is 6.36 Å². The topological polar surface area (TPSA) is 18.5 Å². The van der Waals surface area contributed by atoms with Crippen LogP contribution in [0.25, 0.3) is 0 Å². The van der Waals surface area contributed by atoms with Crippen molar-refractivity contribution in [3.8, 4) is 5.75 Å². The number of hydrogen-bond acceptors (Lipinski definition) is 2. The summed E-state index contributed by atoms with van der Waals surface area (Å²) >= 11 is 5.71. The van der Waals surface area contributed by atoms with E-state index in [9.17, 15) is 13.2 Å². The lowest BCUT2D eigenvalue weighted by atomic mass is 10.2. The Hall–Kier alpha value is -0.940. The highest BCUT2D eigenvalue weighted by Crippen LogP contribution is 2.31. The molecule has 0 unspecified atom stereocenters. The van der Waals surface area contributed by atoms with Crippen LogP contribution in [-0.4, -0.2) is 13.5 Å². The predicted octanol–water partition coefficient (Wildman–Crippen LogP) is 3.39. The molecule has 0 bridgehead atoms. The van der Waals surface area contributed by atoms with Crippen molar-refractivity contribution in [1.29, 1.82) is 0 Å². The van der Waals surface area contributed by atoms with Crippen LogP contribution in [0, 0.1) is 0 Å². The molecule has 2 nitrogen and oxygen atoms in total. The highest BCUT2D eigenvalue weighted by atomic mass is 35.5. The summed E-state index contributed by atoms with van der Waals surface area (Å²) in [4.78, 5) is 0. The van der Waals surface area contributed by atoms with Crippen molar-refractivity contribution in [2.24, 2.45) is 0 Å². The van der Waals surface area contributed by atoms with Crippen molar-refractivity contribution in [3.63, 3.8) is 0 Å². The van der Waals surface area contributed by atoms with Gasteiger partial charge in [-0.25, -0.2) is 0 Å². The van der Waals surface area contributed by atoms with Crippen molar-refractivity contribution in [3.05, 3.63) is 28.8 Å². The van der Waals surface area contributed by atoms with E-state index >= 15 is 0 Å². The van der Waals surface area contributed by atoms with Crippen LogP contribution in [0.1, 0.15) is 5.56 Å². The quantitative estimate of drug-likeness (QED) is 0.806.